The maximum atomic E-state index is 13.4. The average molecular weight is 565 g/mol. The lowest BCUT2D eigenvalue weighted by molar-refractivity contribution is -0.137. The molecular formula is C25H23F3N4O6S. The molecule has 0 spiro atoms. The third-order valence-corrected chi connectivity index (χ3v) is 6.65. The predicted molar refractivity (Wildman–Crippen MR) is 134 cm³/mol. The van der Waals surface area contributed by atoms with Gasteiger partial charge < -0.3 is 5.32 Å². The van der Waals surface area contributed by atoms with Crippen LogP contribution in [-0.2, 0) is 27.4 Å². The Balaban J connectivity index is 2.06. The van der Waals surface area contributed by atoms with Crippen LogP contribution in [0.2, 0.25) is 0 Å². The second-order valence-corrected chi connectivity index (χ2v) is 10.5. The van der Waals surface area contributed by atoms with Crippen molar-refractivity contribution in [3.8, 4) is 5.69 Å². The second kappa shape index (κ2) is 11.1. The van der Waals surface area contributed by atoms with Gasteiger partial charge in [0.15, 0.2) is 9.84 Å². The molecule has 0 atom stereocenters. The van der Waals surface area contributed by atoms with Gasteiger partial charge in [-0.05, 0) is 48.9 Å². The van der Waals surface area contributed by atoms with Crippen molar-refractivity contribution in [2.24, 2.45) is 0 Å². The zero-order chi connectivity index (χ0) is 29.1. The molecule has 14 heteroatoms. The number of rotatable bonds is 6. The number of hydrogen-bond acceptors (Lipinski definition) is 6. The number of alkyl halides is 3. The van der Waals surface area contributed by atoms with E-state index in [-0.39, 0.29) is 28.4 Å². The van der Waals surface area contributed by atoms with E-state index in [1.807, 2.05) is 0 Å². The van der Waals surface area contributed by atoms with Crippen LogP contribution in [0.15, 0.2) is 64.3 Å². The molecule has 10 nitrogen and oxygen atoms in total. The van der Waals surface area contributed by atoms with Crippen LogP contribution in [0.3, 0.4) is 0 Å². The topological polar surface area (TPSA) is 143 Å². The van der Waals surface area contributed by atoms with Gasteiger partial charge in [0.05, 0.1) is 16.0 Å². The monoisotopic (exact) mass is 564 g/mol. The maximum absolute atomic E-state index is 13.4. The molecule has 3 rings (SSSR count). The lowest BCUT2D eigenvalue weighted by Gasteiger charge is -2.18. The summed E-state index contributed by atoms with van der Waals surface area (Å²) in [4.78, 5) is 50.4. The van der Waals surface area contributed by atoms with Gasteiger partial charge in [0.25, 0.3) is 17.4 Å². The third-order valence-electron chi connectivity index (χ3n) is 5.52. The fourth-order valence-corrected chi connectivity index (χ4v) is 4.20. The van der Waals surface area contributed by atoms with Crippen molar-refractivity contribution in [2.75, 3.05) is 6.26 Å². The summed E-state index contributed by atoms with van der Waals surface area (Å²) in [6.45, 7) is 2.29. The summed E-state index contributed by atoms with van der Waals surface area (Å²) >= 11 is 0. The number of pyridine rings is 1. The van der Waals surface area contributed by atoms with Gasteiger partial charge in [0, 0.05) is 31.1 Å². The zero-order valence-electron chi connectivity index (χ0n) is 20.8. The molecule has 39 heavy (non-hydrogen) atoms. The molecule has 0 unspecified atom stereocenters. The number of hydrogen-bond donors (Lipinski definition) is 3. The van der Waals surface area contributed by atoms with Gasteiger partial charge in [-0.25, -0.2) is 8.42 Å². The summed E-state index contributed by atoms with van der Waals surface area (Å²) in [6.07, 6.45) is -3.68. The van der Waals surface area contributed by atoms with E-state index < -0.39 is 50.4 Å². The van der Waals surface area contributed by atoms with Gasteiger partial charge >= 0.3 is 6.18 Å². The molecule has 206 valence electrons. The van der Waals surface area contributed by atoms with E-state index in [9.17, 15) is 40.8 Å². The molecule has 0 aliphatic carbocycles. The lowest BCUT2D eigenvalue weighted by Crippen LogP contribution is -2.42. The van der Waals surface area contributed by atoms with Crippen molar-refractivity contribution < 1.29 is 36.0 Å². The molecule has 0 saturated carbocycles. The number of benzene rings is 2. The molecule has 0 aliphatic rings. The smallest absolute Gasteiger partial charge is 0.348 e. The van der Waals surface area contributed by atoms with E-state index >= 15 is 0 Å². The first-order valence-corrected chi connectivity index (χ1v) is 13.1. The normalized spacial score (nSPS) is 11.5. The number of aromatic nitrogens is 1. The number of carbonyl (C=O) groups excluding carboxylic acids is 3. The van der Waals surface area contributed by atoms with Crippen LogP contribution in [0, 0.1) is 6.92 Å². The zero-order valence-corrected chi connectivity index (χ0v) is 21.7. The molecule has 0 saturated heterocycles. The molecule has 3 amide bonds. The summed E-state index contributed by atoms with van der Waals surface area (Å²) in [6, 6.07) is 10.4. The minimum absolute atomic E-state index is 0.0647. The van der Waals surface area contributed by atoms with Crippen LogP contribution < -0.4 is 21.7 Å². The van der Waals surface area contributed by atoms with Crippen LogP contribution in [0.1, 0.15) is 44.5 Å². The van der Waals surface area contributed by atoms with Crippen molar-refractivity contribution in [3.63, 3.8) is 0 Å². The van der Waals surface area contributed by atoms with Crippen molar-refractivity contribution in [3.05, 3.63) is 92.9 Å². The first-order chi connectivity index (χ1) is 18.1. The van der Waals surface area contributed by atoms with Gasteiger partial charge in [0.2, 0.25) is 5.91 Å². The molecule has 3 N–H and O–H groups in total. The quantitative estimate of drug-likeness (QED) is 0.392. The fourth-order valence-electron chi connectivity index (χ4n) is 3.57. The van der Waals surface area contributed by atoms with E-state index in [4.69, 9.17) is 0 Å². The number of halogens is 3. The Kier molecular flexibility index (Phi) is 8.29. The van der Waals surface area contributed by atoms with Gasteiger partial charge in [0.1, 0.15) is 5.56 Å². The van der Waals surface area contributed by atoms with Crippen LogP contribution in [0.25, 0.3) is 5.69 Å². The molecule has 0 radical (unpaired) electrons. The Bertz CT molecular complexity index is 1610. The van der Waals surface area contributed by atoms with E-state index in [0.717, 1.165) is 35.9 Å². The van der Waals surface area contributed by atoms with Crippen LogP contribution in [0.5, 0.6) is 0 Å². The molecule has 1 aromatic heterocycles. The van der Waals surface area contributed by atoms with Crippen LogP contribution in [0.4, 0.5) is 13.2 Å². The maximum Gasteiger partial charge on any atom is 0.416 e. The van der Waals surface area contributed by atoms with E-state index in [1.165, 1.54) is 37.3 Å². The number of nitrogens with zero attached hydrogens (tertiary/aromatic N) is 1. The van der Waals surface area contributed by atoms with Crippen molar-refractivity contribution in [2.45, 2.75) is 31.5 Å². The van der Waals surface area contributed by atoms with E-state index in [0.29, 0.717) is 11.6 Å². The summed E-state index contributed by atoms with van der Waals surface area (Å²) in [5, 5.41) is 2.48. The average Bonchev–Trinajstić information content (AvgIpc) is 2.85. The third kappa shape index (κ3) is 6.90. The molecule has 3 aromatic rings. The van der Waals surface area contributed by atoms with E-state index in [2.05, 4.69) is 16.2 Å². The SMILES string of the molecule is CC(=O)NNC(=O)c1cc(C(=O)NCc2ccc(S(C)(=O)=O)cc2)c(=O)n(-c2cccc(C(F)(F)F)c2)c1C. The Labute approximate surface area is 220 Å². The molecular weight excluding hydrogens is 541 g/mol. The van der Waals surface area contributed by atoms with Gasteiger partial charge in [-0.2, -0.15) is 13.2 Å². The first kappa shape index (κ1) is 29.1. The van der Waals surface area contributed by atoms with Crippen LogP contribution in [-0.4, -0.2) is 37.0 Å². The number of nitrogens with one attached hydrogen (secondary N) is 3. The number of hydrazine groups is 1. The molecule has 0 aliphatic heterocycles. The number of carbonyl (C=O) groups is 3. The standard InChI is InChI=1S/C25H23F3N4O6S/c1-14-20(23(35)31-30-15(2)33)12-21(22(34)29-13-16-7-9-19(10-8-16)39(3,37)38)24(36)32(14)18-6-4-5-17(11-18)25(26,27)28/h4-12H,13H2,1-3H3,(H,29,34)(H,30,33)(H,31,35). The molecule has 1 heterocycles. The highest BCUT2D eigenvalue weighted by molar-refractivity contribution is 7.90. The summed E-state index contributed by atoms with van der Waals surface area (Å²) in [5.74, 6) is -2.48. The molecule has 0 fully saturated rings. The fraction of sp³-hybridized carbons (Fsp3) is 0.200. The molecule has 2 aromatic carbocycles. The molecule has 0 bridgehead atoms. The minimum Gasteiger partial charge on any atom is -0.348 e. The summed E-state index contributed by atoms with van der Waals surface area (Å²) in [7, 11) is -3.44. The van der Waals surface area contributed by atoms with E-state index in [1.54, 1.807) is 0 Å². The van der Waals surface area contributed by atoms with Crippen molar-refractivity contribution in [1.82, 2.24) is 20.7 Å². The van der Waals surface area contributed by atoms with Gasteiger partial charge in [-0.3, -0.25) is 34.6 Å². The number of sulfone groups is 1. The Hall–Kier alpha value is -4.46. The second-order valence-electron chi connectivity index (χ2n) is 8.48. The summed E-state index contributed by atoms with van der Waals surface area (Å²) < 4.78 is 64.1. The predicted octanol–water partition coefficient (Wildman–Crippen LogP) is 2.28. The van der Waals surface area contributed by atoms with Gasteiger partial charge in [-0.15, -0.1) is 0 Å². The minimum atomic E-state index is -4.72. The highest BCUT2D eigenvalue weighted by atomic mass is 32.2. The summed E-state index contributed by atoms with van der Waals surface area (Å²) in [5.41, 5.74) is 1.46. The Morgan fingerprint density at radius 1 is 0.923 bits per heavy atom. The Morgan fingerprint density at radius 3 is 2.13 bits per heavy atom. The van der Waals surface area contributed by atoms with Crippen molar-refractivity contribution >= 4 is 27.6 Å². The van der Waals surface area contributed by atoms with Crippen LogP contribution >= 0.6 is 0 Å². The first-order valence-electron chi connectivity index (χ1n) is 11.2. The highest BCUT2D eigenvalue weighted by Crippen LogP contribution is 2.30. The number of amides is 3. The lowest BCUT2D eigenvalue weighted by atomic mass is 10.1. The van der Waals surface area contributed by atoms with Crippen molar-refractivity contribution in [1.29, 1.82) is 0 Å². The Morgan fingerprint density at radius 2 is 1.56 bits per heavy atom. The van der Waals surface area contributed by atoms with Gasteiger partial charge in [-0.1, -0.05) is 18.2 Å². The highest BCUT2D eigenvalue weighted by Gasteiger charge is 2.31. The largest absolute Gasteiger partial charge is 0.416 e.